The van der Waals surface area contributed by atoms with Gasteiger partial charge in [0.05, 0.1) is 12.2 Å². The number of hydrogen-bond donors (Lipinski definition) is 1. The zero-order valence-electron chi connectivity index (χ0n) is 12.5. The van der Waals surface area contributed by atoms with Crippen molar-refractivity contribution in [2.45, 2.75) is 26.6 Å². The molecule has 0 amide bonds. The van der Waals surface area contributed by atoms with Gasteiger partial charge in [-0.3, -0.25) is 4.68 Å². The molecular weight excluding hydrogens is 314 g/mol. The number of benzene rings is 1. The Morgan fingerprint density at radius 2 is 2.18 bits per heavy atom. The normalized spacial score (nSPS) is 11.2. The number of allylic oxidation sites excluding steroid dienone is 1. The molecule has 3 rings (SSSR count). The molecular formula is C17H18ClN3S. The molecule has 0 saturated heterocycles. The summed E-state index contributed by atoms with van der Waals surface area (Å²) in [5.74, 6) is 0. The average molecular weight is 332 g/mol. The average Bonchev–Trinajstić information content (AvgIpc) is 3.04. The van der Waals surface area contributed by atoms with Gasteiger partial charge in [0.25, 0.3) is 0 Å². The van der Waals surface area contributed by atoms with Crippen LogP contribution in [0.25, 0.3) is 10.1 Å². The van der Waals surface area contributed by atoms with Crippen LogP contribution in [-0.4, -0.2) is 9.78 Å². The fraction of sp³-hybridized carbons (Fsp3) is 0.235. The van der Waals surface area contributed by atoms with Gasteiger partial charge in [0.15, 0.2) is 0 Å². The van der Waals surface area contributed by atoms with Gasteiger partial charge in [-0.15, -0.1) is 17.9 Å². The molecule has 1 N–H and O–H groups in total. The summed E-state index contributed by atoms with van der Waals surface area (Å²) in [4.78, 5) is 0. The highest BCUT2D eigenvalue weighted by molar-refractivity contribution is 7.17. The van der Waals surface area contributed by atoms with E-state index >= 15 is 0 Å². The molecule has 2 heterocycles. The second kappa shape index (κ2) is 6.65. The van der Waals surface area contributed by atoms with E-state index < -0.39 is 0 Å². The van der Waals surface area contributed by atoms with Crippen molar-refractivity contribution < 1.29 is 0 Å². The van der Waals surface area contributed by atoms with Crippen molar-refractivity contribution in [1.29, 1.82) is 0 Å². The number of halogens is 1. The number of rotatable bonds is 6. The van der Waals surface area contributed by atoms with Crippen LogP contribution >= 0.6 is 22.9 Å². The van der Waals surface area contributed by atoms with E-state index in [1.54, 1.807) is 11.3 Å². The van der Waals surface area contributed by atoms with E-state index in [-0.39, 0.29) is 0 Å². The first-order valence-corrected chi connectivity index (χ1v) is 8.43. The second-order valence-electron chi connectivity index (χ2n) is 5.26. The minimum absolute atomic E-state index is 0.745. The Morgan fingerprint density at radius 1 is 1.36 bits per heavy atom. The number of fused-ring (bicyclic) bond motifs is 1. The molecule has 0 aliphatic heterocycles. The maximum Gasteiger partial charge on any atom is 0.0638 e. The zero-order chi connectivity index (χ0) is 15.5. The molecule has 0 saturated carbocycles. The van der Waals surface area contributed by atoms with Gasteiger partial charge in [0.2, 0.25) is 0 Å². The minimum Gasteiger partial charge on any atom is -0.308 e. The van der Waals surface area contributed by atoms with E-state index in [0.717, 1.165) is 30.4 Å². The summed E-state index contributed by atoms with van der Waals surface area (Å²) in [5, 5.41) is 12.2. The summed E-state index contributed by atoms with van der Waals surface area (Å²) < 4.78 is 3.19. The summed E-state index contributed by atoms with van der Waals surface area (Å²) in [6.07, 6.45) is 3.93. The molecule has 0 spiro atoms. The first kappa shape index (κ1) is 15.3. The smallest absolute Gasteiger partial charge is 0.0638 e. The van der Waals surface area contributed by atoms with Crippen molar-refractivity contribution in [3.8, 4) is 0 Å². The molecule has 0 atom stereocenters. The maximum absolute atomic E-state index is 6.10. The monoisotopic (exact) mass is 331 g/mol. The molecule has 0 bridgehead atoms. The Hall–Kier alpha value is -1.62. The quantitative estimate of drug-likeness (QED) is 0.672. The fourth-order valence-corrected chi connectivity index (χ4v) is 3.60. The van der Waals surface area contributed by atoms with Crippen molar-refractivity contribution in [1.82, 2.24) is 15.1 Å². The number of aryl methyl sites for hydroxylation is 1. The van der Waals surface area contributed by atoms with Gasteiger partial charge >= 0.3 is 0 Å². The molecule has 22 heavy (non-hydrogen) atoms. The predicted octanol–water partition coefficient (Wildman–Crippen LogP) is 4.54. The Labute approximate surface area is 139 Å². The number of nitrogens with one attached hydrogen (secondary N) is 1. The van der Waals surface area contributed by atoms with E-state index in [4.69, 9.17) is 11.6 Å². The molecule has 0 fully saturated rings. The first-order chi connectivity index (χ1) is 10.7. The number of nitrogens with zero attached hydrogens (tertiary/aromatic N) is 2. The van der Waals surface area contributed by atoms with Gasteiger partial charge in [0.1, 0.15) is 0 Å². The Morgan fingerprint density at radius 3 is 3.00 bits per heavy atom. The van der Waals surface area contributed by atoms with Crippen molar-refractivity contribution in [2.75, 3.05) is 0 Å². The predicted molar refractivity (Wildman–Crippen MR) is 94.5 cm³/mol. The van der Waals surface area contributed by atoms with Gasteiger partial charge in [0, 0.05) is 34.6 Å². The maximum atomic E-state index is 6.10. The summed E-state index contributed by atoms with van der Waals surface area (Å²) in [5.41, 5.74) is 3.57. The van der Waals surface area contributed by atoms with E-state index in [1.807, 2.05) is 29.8 Å². The lowest BCUT2D eigenvalue weighted by molar-refractivity contribution is 0.687. The lowest BCUT2D eigenvalue weighted by Crippen LogP contribution is -2.12. The zero-order valence-corrected chi connectivity index (χ0v) is 14.0. The topological polar surface area (TPSA) is 29.9 Å². The Kier molecular flexibility index (Phi) is 4.62. The standard InChI is InChI=1S/C17H18ClN3S/c1-3-6-21-10-13(12(2)20-21)8-19-9-14-11-22-17-5-4-15(18)7-16(14)17/h3-5,7,10-11,19H,1,6,8-9H2,2H3. The van der Waals surface area contributed by atoms with Crippen LogP contribution in [0.4, 0.5) is 0 Å². The molecule has 3 aromatic rings. The second-order valence-corrected chi connectivity index (χ2v) is 6.60. The van der Waals surface area contributed by atoms with Gasteiger partial charge in [-0.2, -0.15) is 5.10 Å². The van der Waals surface area contributed by atoms with E-state index in [9.17, 15) is 0 Å². The molecule has 0 unspecified atom stereocenters. The van der Waals surface area contributed by atoms with Crippen LogP contribution in [0.1, 0.15) is 16.8 Å². The van der Waals surface area contributed by atoms with Crippen LogP contribution < -0.4 is 5.32 Å². The van der Waals surface area contributed by atoms with Crippen molar-refractivity contribution in [3.63, 3.8) is 0 Å². The first-order valence-electron chi connectivity index (χ1n) is 7.17. The summed E-state index contributed by atoms with van der Waals surface area (Å²) >= 11 is 7.85. The van der Waals surface area contributed by atoms with Crippen LogP contribution in [0.15, 0.2) is 42.4 Å². The third-order valence-electron chi connectivity index (χ3n) is 3.61. The molecule has 5 heteroatoms. The van der Waals surface area contributed by atoms with Gasteiger partial charge < -0.3 is 5.32 Å². The van der Waals surface area contributed by atoms with E-state index in [2.05, 4.69) is 34.6 Å². The Balaban J connectivity index is 1.67. The van der Waals surface area contributed by atoms with Gasteiger partial charge in [-0.05, 0) is 41.5 Å². The van der Waals surface area contributed by atoms with Crippen LogP contribution in [0.3, 0.4) is 0 Å². The van der Waals surface area contributed by atoms with Crippen molar-refractivity contribution in [3.05, 3.63) is 64.3 Å². The molecule has 0 radical (unpaired) electrons. The van der Waals surface area contributed by atoms with Crippen LogP contribution in [-0.2, 0) is 19.6 Å². The molecule has 1 aromatic carbocycles. The minimum atomic E-state index is 0.745. The van der Waals surface area contributed by atoms with Crippen LogP contribution in [0.2, 0.25) is 5.02 Å². The molecule has 0 aliphatic rings. The summed E-state index contributed by atoms with van der Waals surface area (Å²) in [7, 11) is 0. The van der Waals surface area contributed by atoms with Crippen molar-refractivity contribution in [2.24, 2.45) is 0 Å². The highest BCUT2D eigenvalue weighted by Gasteiger charge is 2.07. The van der Waals surface area contributed by atoms with Crippen LogP contribution in [0.5, 0.6) is 0 Å². The van der Waals surface area contributed by atoms with Gasteiger partial charge in [-0.25, -0.2) is 0 Å². The highest BCUT2D eigenvalue weighted by Crippen LogP contribution is 2.28. The highest BCUT2D eigenvalue weighted by atomic mass is 35.5. The lowest BCUT2D eigenvalue weighted by atomic mass is 10.2. The van der Waals surface area contributed by atoms with E-state index in [1.165, 1.54) is 21.2 Å². The SMILES string of the molecule is C=CCn1cc(CNCc2csc3ccc(Cl)cc23)c(C)n1. The largest absolute Gasteiger partial charge is 0.308 e. The third kappa shape index (κ3) is 3.24. The fourth-order valence-electron chi connectivity index (χ4n) is 2.48. The van der Waals surface area contributed by atoms with Crippen molar-refractivity contribution >= 4 is 33.0 Å². The molecule has 2 aromatic heterocycles. The lowest BCUT2D eigenvalue weighted by Gasteiger charge is -2.03. The molecule has 3 nitrogen and oxygen atoms in total. The summed E-state index contributed by atoms with van der Waals surface area (Å²) in [6, 6.07) is 6.06. The Bertz CT molecular complexity index is 803. The third-order valence-corrected chi connectivity index (χ3v) is 4.86. The molecule has 0 aliphatic carbocycles. The van der Waals surface area contributed by atoms with Gasteiger partial charge in [-0.1, -0.05) is 17.7 Å². The number of aromatic nitrogens is 2. The summed E-state index contributed by atoms with van der Waals surface area (Å²) in [6.45, 7) is 8.16. The van der Waals surface area contributed by atoms with Crippen LogP contribution in [0, 0.1) is 6.92 Å². The number of hydrogen-bond acceptors (Lipinski definition) is 3. The number of thiophene rings is 1. The molecule has 114 valence electrons. The van der Waals surface area contributed by atoms with E-state index in [0.29, 0.717) is 0 Å².